The highest BCUT2D eigenvalue weighted by Crippen LogP contribution is 2.29. The number of carbonyl (C=O) groups is 2. The van der Waals surface area contributed by atoms with E-state index < -0.39 is 11.5 Å². The quantitative estimate of drug-likeness (QED) is 0.767. The molecule has 1 saturated heterocycles. The van der Waals surface area contributed by atoms with Crippen LogP contribution in [0.5, 0.6) is 0 Å². The second kappa shape index (κ2) is 4.72. The fourth-order valence-corrected chi connectivity index (χ4v) is 1.90. The Morgan fingerprint density at radius 2 is 2.19 bits per heavy atom. The van der Waals surface area contributed by atoms with Crippen LogP contribution < -0.4 is 5.32 Å². The van der Waals surface area contributed by atoms with Gasteiger partial charge in [-0.1, -0.05) is 6.92 Å². The fraction of sp³-hybridized carbons (Fsp3) is 0.818. The molecular weight excluding hydrogens is 208 g/mol. The Hall–Kier alpha value is -1.26. The van der Waals surface area contributed by atoms with E-state index in [0.29, 0.717) is 13.0 Å². The highest BCUT2D eigenvalue weighted by Gasteiger charge is 2.46. The van der Waals surface area contributed by atoms with Crippen molar-refractivity contribution in [3.63, 3.8) is 0 Å². The third kappa shape index (κ3) is 2.28. The molecule has 0 aromatic rings. The van der Waals surface area contributed by atoms with Crippen LogP contribution in [0, 0.1) is 0 Å². The van der Waals surface area contributed by atoms with Crippen molar-refractivity contribution < 1.29 is 14.7 Å². The van der Waals surface area contributed by atoms with Gasteiger partial charge in [0.05, 0.1) is 0 Å². The lowest BCUT2D eigenvalue weighted by atomic mass is 10.00. The highest BCUT2D eigenvalue weighted by molar-refractivity contribution is 5.86. The number of carboxylic acid groups (broad SMARTS) is 1. The predicted octanol–water partition coefficient (Wildman–Crippen LogP) is 1.43. The summed E-state index contributed by atoms with van der Waals surface area (Å²) in [4.78, 5) is 24.5. The number of rotatable bonds is 3. The number of likely N-dealkylation sites (tertiary alicyclic amines) is 1. The molecule has 1 aliphatic heterocycles. The standard InChI is InChI=1S/C11H20N2O3/c1-4-8(2)12-10(16)13-7-5-6-11(13,3)9(14)15/h8H,4-7H2,1-3H3,(H,12,16)(H,14,15). The van der Waals surface area contributed by atoms with Gasteiger partial charge >= 0.3 is 12.0 Å². The third-order valence-electron chi connectivity index (χ3n) is 3.33. The van der Waals surface area contributed by atoms with Crippen LogP contribution in [-0.2, 0) is 4.79 Å². The molecule has 2 atom stereocenters. The molecule has 1 aliphatic rings. The maximum atomic E-state index is 11.9. The molecule has 5 heteroatoms. The van der Waals surface area contributed by atoms with Crippen molar-refractivity contribution >= 4 is 12.0 Å². The molecule has 1 fully saturated rings. The molecule has 5 nitrogen and oxygen atoms in total. The molecule has 0 aromatic heterocycles. The number of urea groups is 1. The van der Waals surface area contributed by atoms with E-state index in [1.807, 2.05) is 13.8 Å². The zero-order valence-electron chi connectivity index (χ0n) is 10.1. The van der Waals surface area contributed by atoms with Gasteiger partial charge in [-0.05, 0) is 33.1 Å². The van der Waals surface area contributed by atoms with Crippen molar-refractivity contribution in [3.8, 4) is 0 Å². The van der Waals surface area contributed by atoms with Gasteiger partial charge in [-0.2, -0.15) is 0 Å². The van der Waals surface area contributed by atoms with Crippen LogP contribution in [0.2, 0.25) is 0 Å². The Morgan fingerprint density at radius 1 is 1.56 bits per heavy atom. The van der Waals surface area contributed by atoms with Gasteiger partial charge in [0, 0.05) is 12.6 Å². The topological polar surface area (TPSA) is 69.6 Å². The van der Waals surface area contributed by atoms with Crippen molar-refractivity contribution in [2.75, 3.05) is 6.54 Å². The van der Waals surface area contributed by atoms with Crippen LogP contribution in [0.15, 0.2) is 0 Å². The normalized spacial score (nSPS) is 26.6. The molecule has 0 radical (unpaired) electrons. The summed E-state index contributed by atoms with van der Waals surface area (Å²) < 4.78 is 0. The number of nitrogens with one attached hydrogen (secondary N) is 1. The minimum absolute atomic E-state index is 0.0751. The van der Waals surface area contributed by atoms with Crippen molar-refractivity contribution in [2.24, 2.45) is 0 Å². The summed E-state index contributed by atoms with van der Waals surface area (Å²) in [5.74, 6) is -0.927. The average Bonchev–Trinajstić information content (AvgIpc) is 2.61. The van der Waals surface area contributed by atoms with Crippen molar-refractivity contribution in [2.45, 2.75) is 51.6 Å². The second-order valence-corrected chi connectivity index (χ2v) is 4.59. The van der Waals surface area contributed by atoms with Gasteiger partial charge in [0.2, 0.25) is 0 Å². The molecule has 1 heterocycles. The van der Waals surface area contributed by atoms with Gasteiger partial charge in [0.1, 0.15) is 5.54 Å². The first-order chi connectivity index (χ1) is 7.41. The molecule has 0 saturated carbocycles. The van der Waals surface area contributed by atoms with Crippen molar-refractivity contribution in [1.29, 1.82) is 0 Å². The maximum Gasteiger partial charge on any atom is 0.329 e. The minimum atomic E-state index is -1.04. The minimum Gasteiger partial charge on any atom is -0.480 e. The van der Waals surface area contributed by atoms with Crippen LogP contribution in [0.3, 0.4) is 0 Å². The van der Waals surface area contributed by atoms with E-state index in [-0.39, 0.29) is 12.1 Å². The van der Waals surface area contributed by atoms with E-state index in [9.17, 15) is 9.59 Å². The lowest BCUT2D eigenvalue weighted by Gasteiger charge is -2.32. The zero-order chi connectivity index (χ0) is 12.3. The van der Waals surface area contributed by atoms with Crippen LogP contribution in [0.1, 0.15) is 40.0 Å². The van der Waals surface area contributed by atoms with Crippen LogP contribution in [0.4, 0.5) is 4.79 Å². The lowest BCUT2D eigenvalue weighted by molar-refractivity contribution is -0.147. The van der Waals surface area contributed by atoms with Gasteiger partial charge < -0.3 is 15.3 Å². The van der Waals surface area contributed by atoms with Gasteiger partial charge in [-0.25, -0.2) is 9.59 Å². The summed E-state index contributed by atoms with van der Waals surface area (Å²) in [5, 5.41) is 12.0. The number of amides is 2. The molecule has 92 valence electrons. The van der Waals surface area contributed by atoms with E-state index in [1.165, 1.54) is 4.90 Å². The SMILES string of the molecule is CCC(C)NC(=O)N1CCCC1(C)C(=O)O. The maximum absolute atomic E-state index is 11.9. The van der Waals surface area contributed by atoms with Gasteiger partial charge in [-0.3, -0.25) is 0 Å². The number of hydrogen-bond donors (Lipinski definition) is 2. The largest absolute Gasteiger partial charge is 0.480 e. The number of nitrogens with zero attached hydrogens (tertiary/aromatic N) is 1. The molecule has 2 N–H and O–H groups in total. The Labute approximate surface area is 95.8 Å². The van der Waals surface area contributed by atoms with E-state index >= 15 is 0 Å². The summed E-state index contributed by atoms with van der Waals surface area (Å²) in [6.07, 6.45) is 2.11. The zero-order valence-corrected chi connectivity index (χ0v) is 10.1. The summed E-state index contributed by atoms with van der Waals surface area (Å²) in [6.45, 7) is 6.01. The molecule has 2 unspecified atom stereocenters. The first-order valence-electron chi connectivity index (χ1n) is 5.73. The predicted molar refractivity (Wildman–Crippen MR) is 60.3 cm³/mol. The summed E-state index contributed by atoms with van der Waals surface area (Å²) in [6, 6.07) is -0.192. The van der Waals surface area contributed by atoms with Crippen LogP contribution >= 0.6 is 0 Å². The Morgan fingerprint density at radius 3 is 2.69 bits per heavy atom. The first kappa shape index (κ1) is 12.8. The number of carbonyl (C=O) groups excluding carboxylic acids is 1. The summed E-state index contributed by atoms with van der Waals surface area (Å²) in [5.41, 5.74) is -1.04. The average molecular weight is 228 g/mol. The van der Waals surface area contributed by atoms with E-state index in [4.69, 9.17) is 5.11 Å². The number of hydrogen-bond acceptors (Lipinski definition) is 2. The Kier molecular flexibility index (Phi) is 3.78. The monoisotopic (exact) mass is 228 g/mol. The molecule has 2 amide bonds. The highest BCUT2D eigenvalue weighted by atomic mass is 16.4. The van der Waals surface area contributed by atoms with Gasteiger partial charge in [0.15, 0.2) is 0 Å². The number of aliphatic carboxylic acids is 1. The van der Waals surface area contributed by atoms with Crippen LogP contribution in [0.25, 0.3) is 0 Å². The smallest absolute Gasteiger partial charge is 0.329 e. The molecule has 0 bridgehead atoms. The van der Waals surface area contributed by atoms with E-state index in [2.05, 4.69) is 5.32 Å². The van der Waals surface area contributed by atoms with Gasteiger partial charge in [-0.15, -0.1) is 0 Å². The first-order valence-corrected chi connectivity index (χ1v) is 5.73. The fourth-order valence-electron chi connectivity index (χ4n) is 1.90. The lowest BCUT2D eigenvalue weighted by Crippen LogP contribution is -2.55. The molecule has 0 spiro atoms. The van der Waals surface area contributed by atoms with Crippen molar-refractivity contribution in [3.05, 3.63) is 0 Å². The van der Waals surface area contributed by atoms with E-state index in [1.54, 1.807) is 6.92 Å². The Balaban J connectivity index is 2.72. The molecule has 0 aromatic carbocycles. The Bertz CT molecular complexity index is 293. The molecular formula is C11H20N2O3. The summed E-state index contributed by atoms with van der Waals surface area (Å²) >= 11 is 0. The van der Waals surface area contributed by atoms with E-state index in [0.717, 1.165) is 12.8 Å². The molecule has 0 aliphatic carbocycles. The van der Waals surface area contributed by atoms with Crippen LogP contribution in [-0.4, -0.2) is 40.1 Å². The summed E-state index contributed by atoms with van der Waals surface area (Å²) in [7, 11) is 0. The molecule has 1 rings (SSSR count). The van der Waals surface area contributed by atoms with Gasteiger partial charge in [0.25, 0.3) is 0 Å². The third-order valence-corrected chi connectivity index (χ3v) is 3.33. The second-order valence-electron chi connectivity index (χ2n) is 4.59. The molecule has 16 heavy (non-hydrogen) atoms. The number of carboxylic acids is 1. The van der Waals surface area contributed by atoms with Crippen molar-refractivity contribution in [1.82, 2.24) is 10.2 Å².